The van der Waals surface area contributed by atoms with Crippen LogP contribution in [0.2, 0.25) is 0 Å². The second kappa shape index (κ2) is 6.75. The lowest BCUT2D eigenvalue weighted by Crippen LogP contribution is -2.44. The number of benzene rings is 1. The van der Waals surface area contributed by atoms with Gasteiger partial charge in [0.05, 0.1) is 17.6 Å². The van der Waals surface area contributed by atoms with Crippen LogP contribution in [0.3, 0.4) is 0 Å². The van der Waals surface area contributed by atoms with Crippen molar-refractivity contribution in [1.29, 1.82) is 5.26 Å². The highest BCUT2D eigenvalue weighted by Gasteiger charge is 2.28. The Morgan fingerprint density at radius 3 is 2.71 bits per heavy atom. The SMILES string of the molecule is N#Cc1ccc(OCC(=O)N2CCCC(C(=O)O)C2)cc1. The maximum atomic E-state index is 12.0. The smallest absolute Gasteiger partial charge is 0.308 e. The summed E-state index contributed by atoms with van der Waals surface area (Å²) in [5.74, 6) is -1.06. The predicted octanol–water partition coefficient (Wildman–Crippen LogP) is 1.26. The first kappa shape index (κ1) is 14.9. The molecule has 1 N–H and O–H groups in total. The van der Waals surface area contributed by atoms with Gasteiger partial charge in [-0.15, -0.1) is 0 Å². The van der Waals surface area contributed by atoms with E-state index in [1.165, 1.54) is 4.90 Å². The van der Waals surface area contributed by atoms with Crippen LogP contribution in [0.25, 0.3) is 0 Å². The molecule has 0 radical (unpaired) electrons. The number of carboxylic acids is 1. The number of hydrogen-bond donors (Lipinski definition) is 1. The number of likely N-dealkylation sites (tertiary alicyclic amines) is 1. The molecule has 0 aliphatic carbocycles. The number of amides is 1. The maximum absolute atomic E-state index is 12.0. The quantitative estimate of drug-likeness (QED) is 0.900. The van der Waals surface area contributed by atoms with E-state index in [-0.39, 0.29) is 19.1 Å². The van der Waals surface area contributed by atoms with Crippen LogP contribution in [0.1, 0.15) is 18.4 Å². The Bertz CT molecular complexity index is 562. The second-order valence-electron chi connectivity index (χ2n) is 4.94. The Morgan fingerprint density at radius 2 is 2.10 bits per heavy atom. The van der Waals surface area contributed by atoms with Gasteiger partial charge in [-0.1, -0.05) is 0 Å². The predicted molar refractivity (Wildman–Crippen MR) is 73.6 cm³/mol. The van der Waals surface area contributed by atoms with Gasteiger partial charge in [0.25, 0.3) is 5.91 Å². The molecule has 0 saturated carbocycles. The second-order valence-corrected chi connectivity index (χ2v) is 4.94. The first-order valence-corrected chi connectivity index (χ1v) is 6.73. The summed E-state index contributed by atoms with van der Waals surface area (Å²) in [6, 6.07) is 8.48. The molecule has 1 unspecified atom stereocenters. The fourth-order valence-corrected chi connectivity index (χ4v) is 2.27. The van der Waals surface area contributed by atoms with E-state index in [4.69, 9.17) is 15.1 Å². The van der Waals surface area contributed by atoms with Crippen molar-refractivity contribution in [3.05, 3.63) is 29.8 Å². The Labute approximate surface area is 122 Å². The highest BCUT2D eigenvalue weighted by atomic mass is 16.5. The lowest BCUT2D eigenvalue weighted by molar-refractivity contribution is -0.146. The minimum Gasteiger partial charge on any atom is -0.484 e. The van der Waals surface area contributed by atoms with Crippen LogP contribution in [-0.4, -0.2) is 41.6 Å². The largest absolute Gasteiger partial charge is 0.484 e. The fourth-order valence-electron chi connectivity index (χ4n) is 2.27. The van der Waals surface area contributed by atoms with Crippen molar-refractivity contribution in [2.45, 2.75) is 12.8 Å². The number of nitriles is 1. The summed E-state index contributed by atoms with van der Waals surface area (Å²) in [7, 11) is 0. The summed E-state index contributed by atoms with van der Waals surface area (Å²) in [5, 5.41) is 17.7. The maximum Gasteiger partial charge on any atom is 0.308 e. The number of nitrogens with zero attached hydrogens (tertiary/aromatic N) is 2. The number of carbonyl (C=O) groups excluding carboxylic acids is 1. The fraction of sp³-hybridized carbons (Fsp3) is 0.400. The Morgan fingerprint density at radius 1 is 1.38 bits per heavy atom. The molecule has 21 heavy (non-hydrogen) atoms. The van der Waals surface area contributed by atoms with Gasteiger partial charge in [0, 0.05) is 13.1 Å². The molecule has 1 aliphatic rings. The monoisotopic (exact) mass is 288 g/mol. The minimum absolute atomic E-state index is 0.127. The summed E-state index contributed by atoms with van der Waals surface area (Å²) in [6.07, 6.45) is 1.30. The van der Waals surface area contributed by atoms with Gasteiger partial charge in [0.1, 0.15) is 5.75 Å². The molecule has 1 atom stereocenters. The number of hydrogen-bond acceptors (Lipinski definition) is 4. The third-order valence-electron chi connectivity index (χ3n) is 3.47. The molecular weight excluding hydrogens is 272 g/mol. The zero-order chi connectivity index (χ0) is 15.2. The third-order valence-corrected chi connectivity index (χ3v) is 3.47. The lowest BCUT2D eigenvalue weighted by atomic mass is 9.98. The minimum atomic E-state index is -0.861. The topological polar surface area (TPSA) is 90.6 Å². The van der Waals surface area contributed by atoms with Gasteiger partial charge in [0.15, 0.2) is 6.61 Å². The number of carbonyl (C=O) groups is 2. The van der Waals surface area contributed by atoms with Gasteiger partial charge in [-0.2, -0.15) is 5.26 Å². The Hall–Kier alpha value is -2.55. The zero-order valence-corrected chi connectivity index (χ0v) is 11.5. The van der Waals surface area contributed by atoms with Crippen molar-refractivity contribution >= 4 is 11.9 Å². The molecule has 1 aromatic carbocycles. The molecule has 0 spiro atoms. The highest BCUT2D eigenvalue weighted by Crippen LogP contribution is 2.17. The van der Waals surface area contributed by atoms with Crippen LogP contribution in [0.5, 0.6) is 5.75 Å². The summed E-state index contributed by atoms with van der Waals surface area (Å²) < 4.78 is 5.37. The molecule has 1 amide bonds. The first-order chi connectivity index (χ1) is 10.1. The molecular formula is C15H16N2O4. The van der Waals surface area contributed by atoms with Crippen LogP contribution < -0.4 is 4.74 Å². The van der Waals surface area contributed by atoms with Crippen LogP contribution in [0, 0.1) is 17.2 Å². The summed E-state index contributed by atoms with van der Waals surface area (Å²) in [6.45, 7) is 0.683. The van der Waals surface area contributed by atoms with Crippen molar-refractivity contribution in [3.8, 4) is 11.8 Å². The molecule has 1 heterocycles. The van der Waals surface area contributed by atoms with E-state index < -0.39 is 11.9 Å². The van der Waals surface area contributed by atoms with Crippen molar-refractivity contribution in [2.75, 3.05) is 19.7 Å². The van der Waals surface area contributed by atoms with Gasteiger partial charge < -0.3 is 14.7 Å². The van der Waals surface area contributed by atoms with Gasteiger partial charge in [0.2, 0.25) is 0 Å². The van der Waals surface area contributed by atoms with Crippen LogP contribution in [0.4, 0.5) is 0 Å². The van der Waals surface area contributed by atoms with Gasteiger partial charge in [-0.25, -0.2) is 0 Å². The average Bonchev–Trinajstić information content (AvgIpc) is 2.53. The third kappa shape index (κ3) is 3.96. The zero-order valence-electron chi connectivity index (χ0n) is 11.5. The summed E-state index contributed by atoms with van der Waals surface area (Å²) in [4.78, 5) is 24.5. The molecule has 0 bridgehead atoms. The Balaban J connectivity index is 1.86. The molecule has 0 aromatic heterocycles. The first-order valence-electron chi connectivity index (χ1n) is 6.73. The number of rotatable bonds is 4. The van der Waals surface area contributed by atoms with Crippen molar-refractivity contribution in [3.63, 3.8) is 0 Å². The molecule has 6 nitrogen and oxygen atoms in total. The van der Waals surface area contributed by atoms with E-state index in [1.54, 1.807) is 24.3 Å². The summed E-state index contributed by atoms with van der Waals surface area (Å²) >= 11 is 0. The number of ether oxygens (including phenoxy) is 1. The number of carboxylic acid groups (broad SMARTS) is 1. The van der Waals surface area contributed by atoms with Crippen LogP contribution in [-0.2, 0) is 9.59 Å². The molecule has 1 saturated heterocycles. The van der Waals surface area contributed by atoms with E-state index >= 15 is 0 Å². The number of aliphatic carboxylic acids is 1. The van der Waals surface area contributed by atoms with E-state index in [2.05, 4.69) is 0 Å². The van der Waals surface area contributed by atoms with Crippen molar-refractivity contribution in [1.82, 2.24) is 4.90 Å². The molecule has 2 rings (SSSR count). The normalized spacial score (nSPS) is 17.9. The standard InChI is InChI=1S/C15H16N2O4/c16-8-11-3-5-13(6-4-11)21-10-14(18)17-7-1-2-12(9-17)15(19)20/h3-6,12H,1-2,7,9-10H2,(H,19,20). The number of piperidine rings is 1. The van der Waals surface area contributed by atoms with Crippen molar-refractivity contribution < 1.29 is 19.4 Å². The van der Waals surface area contributed by atoms with Crippen LogP contribution >= 0.6 is 0 Å². The highest BCUT2D eigenvalue weighted by molar-refractivity contribution is 5.79. The van der Waals surface area contributed by atoms with Crippen LogP contribution in [0.15, 0.2) is 24.3 Å². The van der Waals surface area contributed by atoms with E-state index in [9.17, 15) is 9.59 Å². The molecule has 110 valence electrons. The molecule has 6 heteroatoms. The Kier molecular flexibility index (Phi) is 4.77. The lowest BCUT2D eigenvalue weighted by Gasteiger charge is -2.30. The van der Waals surface area contributed by atoms with E-state index in [0.717, 1.165) is 0 Å². The molecule has 1 aromatic rings. The van der Waals surface area contributed by atoms with E-state index in [1.807, 2.05) is 6.07 Å². The van der Waals surface area contributed by atoms with Gasteiger partial charge >= 0.3 is 5.97 Å². The summed E-state index contributed by atoms with van der Waals surface area (Å²) in [5.41, 5.74) is 0.522. The van der Waals surface area contributed by atoms with Gasteiger partial charge in [-0.05, 0) is 37.1 Å². The van der Waals surface area contributed by atoms with Crippen molar-refractivity contribution in [2.24, 2.45) is 5.92 Å². The van der Waals surface area contributed by atoms with Gasteiger partial charge in [-0.3, -0.25) is 9.59 Å². The molecule has 1 fully saturated rings. The van der Waals surface area contributed by atoms with E-state index in [0.29, 0.717) is 30.7 Å². The molecule has 1 aliphatic heterocycles. The average molecular weight is 288 g/mol.